The molecule has 0 unspecified atom stereocenters. The lowest BCUT2D eigenvalue weighted by molar-refractivity contribution is 0.141. The van der Waals surface area contributed by atoms with Gasteiger partial charge in [0, 0.05) is 28.5 Å². The number of anilines is 1. The van der Waals surface area contributed by atoms with E-state index < -0.39 is 6.04 Å². The molecule has 0 radical (unpaired) electrons. The van der Waals surface area contributed by atoms with Crippen molar-refractivity contribution in [2.75, 3.05) is 18.5 Å². The van der Waals surface area contributed by atoms with Crippen molar-refractivity contribution < 1.29 is 15.0 Å². The number of halogens is 2. The van der Waals surface area contributed by atoms with Crippen LogP contribution < -0.4 is 5.32 Å². The summed E-state index contributed by atoms with van der Waals surface area (Å²) in [6.45, 7) is 1.84. The van der Waals surface area contributed by atoms with Gasteiger partial charge in [-0.1, -0.05) is 35.3 Å². The molecule has 10 heteroatoms. The Hall–Kier alpha value is -2.65. The molecule has 2 atom stereocenters. The Morgan fingerprint density at radius 1 is 1.23 bits per heavy atom. The first-order valence-corrected chi connectivity index (χ1v) is 10.5. The van der Waals surface area contributed by atoms with Gasteiger partial charge in [0.1, 0.15) is 0 Å². The normalized spacial score (nSPS) is 15.1. The zero-order valence-corrected chi connectivity index (χ0v) is 18.2. The number of rotatable bonds is 7. The maximum atomic E-state index is 13.1. The zero-order chi connectivity index (χ0) is 22.1. The summed E-state index contributed by atoms with van der Waals surface area (Å²) in [4.78, 5) is 23.2. The molecule has 0 saturated heterocycles. The summed E-state index contributed by atoms with van der Waals surface area (Å²) in [5.74, 6) is 0.335. The second-order valence-electron chi connectivity index (χ2n) is 7.37. The van der Waals surface area contributed by atoms with Crippen LogP contribution in [0.15, 0.2) is 42.7 Å². The van der Waals surface area contributed by atoms with Gasteiger partial charge in [-0.15, -0.1) is 0 Å². The average molecular weight is 462 g/mol. The van der Waals surface area contributed by atoms with Crippen molar-refractivity contribution in [3.05, 3.63) is 64.0 Å². The number of nitrogens with one attached hydrogen (secondary N) is 1. The Morgan fingerprint density at radius 3 is 2.71 bits per heavy atom. The molecule has 1 amide bonds. The molecule has 0 saturated carbocycles. The van der Waals surface area contributed by atoms with Crippen LogP contribution in [0.2, 0.25) is 10.0 Å². The predicted octanol–water partition coefficient (Wildman–Crippen LogP) is 3.56. The van der Waals surface area contributed by atoms with E-state index in [-0.39, 0.29) is 25.3 Å². The minimum Gasteiger partial charge on any atom is -0.394 e. The van der Waals surface area contributed by atoms with Gasteiger partial charge in [0.05, 0.1) is 42.7 Å². The summed E-state index contributed by atoms with van der Waals surface area (Å²) < 4.78 is 1.53. The third-order valence-electron chi connectivity index (χ3n) is 5.13. The number of benzene rings is 1. The molecule has 162 valence electrons. The monoisotopic (exact) mass is 461 g/mol. The molecule has 2 aromatic heterocycles. The van der Waals surface area contributed by atoms with Crippen LogP contribution in [0.1, 0.15) is 24.2 Å². The van der Waals surface area contributed by atoms with E-state index in [1.54, 1.807) is 36.2 Å². The summed E-state index contributed by atoms with van der Waals surface area (Å²) in [5.41, 5.74) is 2.69. The third kappa shape index (κ3) is 4.24. The lowest BCUT2D eigenvalue weighted by atomic mass is 10.1. The van der Waals surface area contributed by atoms with Gasteiger partial charge in [0.2, 0.25) is 5.95 Å². The van der Waals surface area contributed by atoms with Crippen molar-refractivity contribution in [1.82, 2.24) is 19.4 Å². The van der Waals surface area contributed by atoms with E-state index in [0.717, 1.165) is 11.3 Å². The first-order chi connectivity index (χ1) is 14.9. The van der Waals surface area contributed by atoms with E-state index in [1.165, 1.54) is 10.8 Å². The SMILES string of the molecule is C[C@@H](CO)Nc1ncc(Cl)c(-c2cc3n(c2)C(=O)N([C@H](CO)c2cccc(Cl)c2)C3)n1. The number of aliphatic hydroxyl groups excluding tert-OH is 2. The van der Waals surface area contributed by atoms with Crippen molar-refractivity contribution in [1.29, 1.82) is 0 Å². The summed E-state index contributed by atoms with van der Waals surface area (Å²) >= 11 is 12.4. The molecule has 8 nitrogen and oxygen atoms in total. The van der Waals surface area contributed by atoms with Crippen LogP contribution in [0.3, 0.4) is 0 Å². The Labute approximate surface area is 189 Å². The molecule has 0 bridgehead atoms. The minimum absolute atomic E-state index is 0.0647. The van der Waals surface area contributed by atoms with Crippen molar-refractivity contribution in [3.8, 4) is 11.3 Å². The van der Waals surface area contributed by atoms with Crippen LogP contribution in [0.4, 0.5) is 10.7 Å². The number of hydrogen-bond donors (Lipinski definition) is 3. The Bertz CT molecular complexity index is 1120. The number of aromatic nitrogens is 3. The summed E-state index contributed by atoms with van der Waals surface area (Å²) in [6.07, 6.45) is 3.16. The average Bonchev–Trinajstić information content (AvgIpc) is 3.30. The van der Waals surface area contributed by atoms with E-state index in [4.69, 9.17) is 23.2 Å². The van der Waals surface area contributed by atoms with Crippen molar-refractivity contribution in [2.45, 2.75) is 25.6 Å². The standard InChI is InChI=1S/C21H21Cl2N5O3/c1-12(10-29)25-20-24-7-17(23)19(26-20)14-6-16-9-28(21(31)27(16)8-14)18(11-30)13-3-2-4-15(22)5-13/h2-8,12,18,29-30H,9-11H2,1H3,(H,24,25,26)/t12-,18+/m0/s1. The highest BCUT2D eigenvalue weighted by molar-refractivity contribution is 6.33. The molecule has 0 spiro atoms. The molecule has 4 rings (SSSR count). The number of hydrogen-bond acceptors (Lipinski definition) is 6. The summed E-state index contributed by atoms with van der Waals surface area (Å²) in [7, 11) is 0. The minimum atomic E-state index is -0.507. The van der Waals surface area contributed by atoms with E-state index in [2.05, 4.69) is 15.3 Å². The van der Waals surface area contributed by atoms with E-state index in [0.29, 0.717) is 33.8 Å². The van der Waals surface area contributed by atoms with Gasteiger partial charge in [0.15, 0.2) is 0 Å². The molecule has 31 heavy (non-hydrogen) atoms. The van der Waals surface area contributed by atoms with Crippen LogP contribution in [-0.2, 0) is 6.54 Å². The Morgan fingerprint density at radius 2 is 2.03 bits per heavy atom. The van der Waals surface area contributed by atoms with Crippen molar-refractivity contribution in [3.63, 3.8) is 0 Å². The fourth-order valence-corrected chi connectivity index (χ4v) is 3.96. The highest BCUT2D eigenvalue weighted by Crippen LogP contribution is 2.34. The molecular weight excluding hydrogens is 441 g/mol. The molecule has 1 aromatic carbocycles. The highest BCUT2D eigenvalue weighted by atomic mass is 35.5. The quantitative estimate of drug-likeness (QED) is 0.496. The number of carbonyl (C=O) groups excluding carboxylic acids is 1. The fraction of sp³-hybridized carbons (Fsp3) is 0.286. The van der Waals surface area contributed by atoms with Gasteiger partial charge >= 0.3 is 6.03 Å². The number of fused-ring (bicyclic) bond motifs is 1. The van der Waals surface area contributed by atoms with Gasteiger partial charge in [-0.3, -0.25) is 4.57 Å². The summed E-state index contributed by atoms with van der Waals surface area (Å²) in [6, 6.07) is 7.99. The molecule has 1 aliphatic heterocycles. The first kappa shape index (κ1) is 21.6. The fourth-order valence-electron chi connectivity index (χ4n) is 3.56. The summed E-state index contributed by atoms with van der Waals surface area (Å²) in [5, 5.41) is 23.1. The van der Waals surface area contributed by atoms with Crippen LogP contribution in [0, 0.1) is 0 Å². The van der Waals surface area contributed by atoms with Gasteiger partial charge in [-0.25, -0.2) is 14.8 Å². The second kappa shape index (κ2) is 8.84. The number of carbonyl (C=O) groups is 1. The molecule has 3 N–H and O–H groups in total. The van der Waals surface area contributed by atoms with Crippen LogP contribution >= 0.6 is 23.2 Å². The topological polar surface area (TPSA) is 104 Å². The maximum absolute atomic E-state index is 13.1. The molecule has 3 aromatic rings. The number of nitrogens with zero attached hydrogens (tertiary/aromatic N) is 4. The molecular formula is C21H21Cl2N5O3. The Balaban J connectivity index is 1.61. The molecule has 1 aliphatic rings. The smallest absolute Gasteiger partial charge is 0.329 e. The Kier molecular flexibility index (Phi) is 6.15. The highest BCUT2D eigenvalue weighted by Gasteiger charge is 2.34. The van der Waals surface area contributed by atoms with Gasteiger partial charge in [-0.2, -0.15) is 0 Å². The van der Waals surface area contributed by atoms with E-state index in [9.17, 15) is 15.0 Å². The third-order valence-corrected chi connectivity index (χ3v) is 5.65. The van der Waals surface area contributed by atoms with Crippen LogP contribution in [-0.4, -0.2) is 54.9 Å². The molecule has 0 fully saturated rings. The maximum Gasteiger partial charge on any atom is 0.329 e. The lowest BCUT2D eigenvalue weighted by Crippen LogP contribution is -2.32. The second-order valence-corrected chi connectivity index (χ2v) is 8.22. The number of aliphatic hydroxyl groups is 2. The van der Waals surface area contributed by atoms with Crippen molar-refractivity contribution in [2.24, 2.45) is 0 Å². The predicted molar refractivity (Wildman–Crippen MR) is 118 cm³/mol. The van der Waals surface area contributed by atoms with Gasteiger partial charge in [0.25, 0.3) is 0 Å². The van der Waals surface area contributed by atoms with E-state index >= 15 is 0 Å². The molecule has 0 aliphatic carbocycles. The molecule has 3 heterocycles. The number of amides is 1. The van der Waals surface area contributed by atoms with E-state index in [1.807, 2.05) is 12.1 Å². The lowest BCUT2D eigenvalue weighted by Gasteiger charge is -2.26. The first-order valence-electron chi connectivity index (χ1n) is 9.70. The van der Waals surface area contributed by atoms with Gasteiger partial charge in [-0.05, 0) is 30.7 Å². The van der Waals surface area contributed by atoms with Crippen LogP contribution in [0.5, 0.6) is 0 Å². The van der Waals surface area contributed by atoms with Gasteiger partial charge < -0.3 is 20.4 Å². The van der Waals surface area contributed by atoms with Crippen LogP contribution in [0.25, 0.3) is 11.3 Å². The largest absolute Gasteiger partial charge is 0.394 e. The van der Waals surface area contributed by atoms with Crippen molar-refractivity contribution >= 4 is 35.2 Å². The zero-order valence-electron chi connectivity index (χ0n) is 16.7.